The number of hydrogen-bond acceptors (Lipinski definition) is 2. The zero-order valence-electron chi connectivity index (χ0n) is 11.3. The van der Waals surface area contributed by atoms with Crippen LogP contribution in [0, 0.1) is 5.41 Å². The number of carbonyl (C=O) groups is 1. The van der Waals surface area contributed by atoms with E-state index in [2.05, 4.69) is 19.2 Å². The number of nitrogens with one attached hydrogen (secondary N) is 1. The first-order chi connectivity index (χ1) is 7.44. The lowest BCUT2D eigenvalue weighted by atomic mass is 9.92. The fraction of sp³-hybridized carbons (Fsp3) is 0.923. The third-order valence-corrected chi connectivity index (χ3v) is 2.99. The van der Waals surface area contributed by atoms with Crippen molar-refractivity contribution >= 4 is 5.91 Å². The van der Waals surface area contributed by atoms with Crippen LogP contribution in [0.1, 0.15) is 59.8 Å². The van der Waals surface area contributed by atoms with Gasteiger partial charge in [-0.2, -0.15) is 0 Å². The first kappa shape index (κ1) is 15.4. The van der Waals surface area contributed by atoms with E-state index >= 15 is 0 Å². The Labute approximate surface area is 100 Å². The molecule has 1 unspecified atom stereocenters. The van der Waals surface area contributed by atoms with E-state index < -0.39 is 5.41 Å². The quantitative estimate of drug-likeness (QED) is 0.627. The highest BCUT2D eigenvalue weighted by molar-refractivity contribution is 5.82. The summed E-state index contributed by atoms with van der Waals surface area (Å²) >= 11 is 0. The van der Waals surface area contributed by atoms with Crippen LogP contribution in [0.15, 0.2) is 0 Å². The number of hydrogen-bond donors (Lipinski definition) is 2. The van der Waals surface area contributed by atoms with Gasteiger partial charge in [-0.05, 0) is 27.2 Å². The topological polar surface area (TPSA) is 55.1 Å². The zero-order chi connectivity index (χ0) is 12.6. The van der Waals surface area contributed by atoms with Crippen molar-refractivity contribution < 1.29 is 4.79 Å². The highest BCUT2D eigenvalue weighted by Crippen LogP contribution is 2.13. The van der Waals surface area contributed by atoms with Crippen LogP contribution in [-0.4, -0.2) is 18.5 Å². The Morgan fingerprint density at radius 1 is 1.31 bits per heavy atom. The minimum atomic E-state index is -0.447. The Hall–Kier alpha value is -0.570. The molecule has 0 aromatic rings. The lowest BCUT2D eigenvalue weighted by molar-refractivity contribution is -0.129. The minimum Gasteiger partial charge on any atom is -0.353 e. The van der Waals surface area contributed by atoms with E-state index in [-0.39, 0.29) is 11.9 Å². The number of unbranched alkanes of at least 4 members (excludes halogenated alkanes) is 3. The summed E-state index contributed by atoms with van der Waals surface area (Å²) < 4.78 is 0. The predicted molar refractivity (Wildman–Crippen MR) is 69.2 cm³/mol. The van der Waals surface area contributed by atoms with E-state index in [0.717, 1.165) is 6.42 Å². The van der Waals surface area contributed by atoms with Gasteiger partial charge in [0, 0.05) is 12.6 Å². The van der Waals surface area contributed by atoms with Crippen molar-refractivity contribution in [2.24, 2.45) is 11.1 Å². The Morgan fingerprint density at radius 2 is 1.94 bits per heavy atom. The van der Waals surface area contributed by atoms with E-state index in [1.54, 1.807) is 0 Å². The molecule has 1 atom stereocenters. The average Bonchev–Trinajstić information content (AvgIpc) is 2.24. The van der Waals surface area contributed by atoms with Crippen molar-refractivity contribution in [3.05, 3.63) is 0 Å². The van der Waals surface area contributed by atoms with E-state index in [9.17, 15) is 4.79 Å². The molecule has 0 rings (SSSR count). The molecule has 0 aliphatic carbocycles. The largest absolute Gasteiger partial charge is 0.353 e. The number of rotatable bonds is 8. The second kappa shape index (κ2) is 7.66. The van der Waals surface area contributed by atoms with Crippen LogP contribution < -0.4 is 11.1 Å². The maximum atomic E-state index is 11.8. The smallest absolute Gasteiger partial charge is 0.227 e. The van der Waals surface area contributed by atoms with Gasteiger partial charge in [0.05, 0.1) is 5.41 Å². The van der Waals surface area contributed by atoms with Gasteiger partial charge >= 0.3 is 0 Å². The Morgan fingerprint density at radius 3 is 2.44 bits per heavy atom. The summed E-state index contributed by atoms with van der Waals surface area (Å²) in [6.07, 6.45) is 6.05. The summed E-state index contributed by atoms with van der Waals surface area (Å²) in [5, 5.41) is 3.03. The van der Waals surface area contributed by atoms with Gasteiger partial charge in [-0.3, -0.25) is 4.79 Å². The third-order valence-electron chi connectivity index (χ3n) is 2.99. The molecule has 16 heavy (non-hydrogen) atoms. The molecule has 0 radical (unpaired) electrons. The summed E-state index contributed by atoms with van der Waals surface area (Å²) in [6, 6.07) is 0.259. The molecule has 0 spiro atoms. The van der Waals surface area contributed by atoms with Crippen LogP contribution in [0.2, 0.25) is 0 Å². The van der Waals surface area contributed by atoms with Gasteiger partial charge in [0.2, 0.25) is 5.91 Å². The van der Waals surface area contributed by atoms with E-state index in [1.165, 1.54) is 25.7 Å². The van der Waals surface area contributed by atoms with E-state index in [4.69, 9.17) is 5.73 Å². The second-order valence-corrected chi connectivity index (χ2v) is 5.31. The van der Waals surface area contributed by atoms with Crippen LogP contribution in [0.4, 0.5) is 0 Å². The van der Waals surface area contributed by atoms with Crippen molar-refractivity contribution in [3.8, 4) is 0 Å². The molecule has 3 N–H and O–H groups in total. The van der Waals surface area contributed by atoms with Gasteiger partial charge in [0.25, 0.3) is 0 Å². The predicted octanol–water partition coefficient (Wildman–Crippen LogP) is 2.45. The molecule has 0 saturated carbocycles. The highest BCUT2D eigenvalue weighted by Gasteiger charge is 2.26. The molecule has 0 aliphatic heterocycles. The summed E-state index contributed by atoms with van der Waals surface area (Å²) in [4.78, 5) is 11.8. The summed E-state index contributed by atoms with van der Waals surface area (Å²) in [5.74, 6) is 0.0676. The summed E-state index contributed by atoms with van der Waals surface area (Å²) in [6.45, 7) is 8.42. The van der Waals surface area contributed by atoms with Gasteiger partial charge in [0.15, 0.2) is 0 Å². The molecule has 0 aromatic heterocycles. The van der Waals surface area contributed by atoms with Crippen LogP contribution in [0.25, 0.3) is 0 Å². The SMILES string of the molecule is CCCCCCC(C)NC(=O)C(C)(C)CN. The van der Waals surface area contributed by atoms with Crippen LogP contribution in [0.5, 0.6) is 0 Å². The molecule has 3 heteroatoms. The molecule has 3 nitrogen and oxygen atoms in total. The number of nitrogens with two attached hydrogens (primary N) is 1. The lowest BCUT2D eigenvalue weighted by Crippen LogP contribution is -2.45. The maximum absolute atomic E-state index is 11.8. The van der Waals surface area contributed by atoms with Gasteiger partial charge < -0.3 is 11.1 Å². The second-order valence-electron chi connectivity index (χ2n) is 5.31. The maximum Gasteiger partial charge on any atom is 0.227 e. The monoisotopic (exact) mass is 228 g/mol. The van der Waals surface area contributed by atoms with Crippen LogP contribution >= 0.6 is 0 Å². The molecular weight excluding hydrogens is 200 g/mol. The van der Waals surface area contributed by atoms with E-state index in [0.29, 0.717) is 6.54 Å². The van der Waals surface area contributed by atoms with E-state index in [1.807, 2.05) is 13.8 Å². The Bertz CT molecular complexity index is 202. The van der Waals surface area contributed by atoms with Crippen LogP contribution in [-0.2, 0) is 4.79 Å². The number of amides is 1. The molecular formula is C13H28N2O. The Kier molecular flexibility index (Phi) is 7.39. The van der Waals surface area contributed by atoms with Crippen molar-refractivity contribution in [2.75, 3.05) is 6.54 Å². The van der Waals surface area contributed by atoms with Gasteiger partial charge in [-0.15, -0.1) is 0 Å². The van der Waals surface area contributed by atoms with Crippen LogP contribution in [0.3, 0.4) is 0 Å². The zero-order valence-corrected chi connectivity index (χ0v) is 11.3. The van der Waals surface area contributed by atoms with Crippen molar-refractivity contribution in [3.63, 3.8) is 0 Å². The first-order valence-electron chi connectivity index (χ1n) is 6.45. The minimum absolute atomic E-state index is 0.0676. The molecule has 0 aromatic carbocycles. The first-order valence-corrected chi connectivity index (χ1v) is 6.45. The van der Waals surface area contributed by atoms with Gasteiger partial charge in [-0.25, -0.2) is 0 Å². The lowest BCUT2D eigenvalue weighted by Gasteiger charge is -2.24. The molecule has 0 heterocycles. The number of carbonyl (C=O) groups excluding carboxylic acids is 1. The molecule has 1 amide bonds. The molecule has 0 aliphatic rings. The Balaban J connectivity index is 3.78. The van der Waals surface area contributed by atoms with Crippen molar-refractivity contribution in [1.29, 1.82) is 0 Å². The third kappa shape index (κ3) is 6.11. The van der Waals surface area contributed by atoms with Gasteiger partial charge in [0.1, 0.15) is 0 Å². The average molecular weight is 228 g/mol. The molecule has 0 bridgehead atoms. The molecule has 0 saturated heterocycles. The molecule has 0 fully saturated rings. The standard InChI is InChI=1S/C13H28N2O/c1-5-6-7-8-9-11(2)15-12(16)13(3,4)10-14/h11H,5-10,14H2,1-4H3,(H,15,16). The van der Waals surface area contributed by atoms with Crippen molar-refractivity contribution in [1.82, 2.24) is 5.32 Å². The highest BCUT2D eigenvalue weighted by atomic mass is 16.2. The van der Waals surface area contributed by atoms with Crippen molar-refractivity contribution in [2.45, 2.75) is 65.8 Å². The van der Waals surface area contributed by atoms with Gasteiger partial charge in [-0.1, -0.05) is 32.6 Å². The summed E-state index contributed by atoms with van der Waals surface area (Å²) in [7, 11) is 0. The normalized spacial score (nSPS) is 13.6. The fourth-order valence-corrected chi connectivity index (χ4v) is 1.46. The summed E-state index contributed by atoms with van der Waals surface area (Å²) in [5.41, 5.74) is 5.12. The fourth-order valence-electron chi connectivity index (χ4n) is 1.46. The molecule has 96 valence electrons.